The summed E-state index contributed by atoms with van der Waals surface area (Å²) >= 11 is 0. The van der Waals surface area contributed by atoms with Crippen molar-refractivity contribution >= 4 is 23.7 Å². The zero-order valence-corrected chi connectivity index (χ0v) is 15.1. The van der Waals surface area contributed by atoms with Gasteiger partial charge in [0.05, 0.1) is 24.3 Å². The lowest BCUT2D eigenvalue weighted by Gasteiger charge is -2.13. The highest BCUT2D eigenvalue weighted by atomic mass is 16.6. The van der Waals surface area contributed by atoms with Crippen molar-refractivity contribution in [3.63, 3.8) is 0 Å². The fourth-order valence-corrected chi connectivity index (χ4v) is 2.29. The molecule has 0 aromatic heterocycles. The van der Waals surface area contributed by atoms with Crippen LogP contribution in [0.3, 0.4) is 0 Å². The third-order valence-electron chi connectivity index (χ3n) is 3.73. The maximum absolute atomic E-state index is 11.9. The number of hydrazone groups is 1. The van der Waals surface area contributed by atoms with Gasteiger partial charge in [-0.2, -0.15) is 5.10 Å². The van der Waals surface area contributed by atoms with Crippen molar-refractivity contribution in [2.45, 2.75) is 13.0 Å². The molecule has 2 aromatic carbocycles. The van der Waals surface area contributed by atoms with Crippen LogP contribution in [-0.4, -0.2) is 35.2 Å². The summed E-state index contributed by atoms with van der Waals surface area (Å²) in [7, 11) is 1.24. The SMILES string of the molecule is COc1cc(/C=N\NC(=O)C(=O)N[C@@H](C)c2ccccc2)cc([N+](=O)[O-])c1O. The first kappa shape index (κ1) is 20.4. The van der Waals surface area contributed by atoms with E-state index in [1.807, 2.05) is 35.8 Å². The quantitative estimate of drug-likeness (QED) is 0.298. The van der Waals surface area contributed by atoms with Crippen LogP contribution in [0.15, 0.2) is 47.6 Å². The number of carbonyl (C=O) groups excluding carboxylic acids is 2. The molecule has 0 bridgehead atoms. The topological polar surface area (TPSA) is 143 Å². The Hall–Kier alpha value is -3.95. The lowest BCUT2D eigenvalue weighted by Crippen LogP contribution is -2.39. The number of nitrogens with one attached hydrogen (secondary N) is 2. The molecule has 0 heterocycles. The van der Waals surface area contributed by atoms with Crippen molar-refractivity contribution in [2.24, 2.45) is 5.10 Å². The van der Waals surface area contributed by atoms with E-state index in [4.69, 9.17) is 4.74 Å². The van der Waals surface area contributed by atoms with E-state index in [1.165, 1.54) is 13.2 Å². The zero-order chi connectivity index (χ0) is 20.7. The summed E-state index contributed by atoms with van der Waals surface area (Å²) in [5.41, 5.74) is 2.46. The molecule has 10 heteroatoms. The number of nitrogens with zero attached hydrogens (tertiary/aromatic N) is 2. The molecule has 146 valence electrons. The van der Waals surface area contributed by atoms with Crippen LogP contribution in [0.1, 0.15) is 24.1 Å². The van der Waals surface area contributed by atoms with Gasteiger partial charge in [-0.3, -0.25) is 19.7 Å². The van der Waals surface area contributed by atoms with E-state index < -0.39 is 28.2 Å². The molecule has 0 saturated heterocycles. The molecule has 0 aliphatic rings. The minimum atomic E-state index is -1.00. The Morgan fingerprint density at radius 1 is 1.25 bits per heavy atom. The number of phenols is 1. The lowest BCUT2D eigenvalue weighted by atomic mass is 10.1. The fourth-order valence-electron chi connectivity index (χ4n) is 2.29. The summed E-state index contributed by atoms with van der Waals surface area (Å²) in [5, 5.41) is 26.8. The molecule has 10 nitrogen and oxygen atoms in total. The van der Waals surface area contributed by atoms with Crippen LogP contribution in [0.2, 0.25) is 0 Å². The average molecular weight is 386 g/mol. The third kappa shape index (κ3) is 5.04. The van der Waals surface area contributed by atoms with Gasteiger partial charge in [0.15, 0.2) is 5.75 Å². The van der Waals surface area contributed by atoms with E-state index >= 15 is 0 Å². The predicted molar refractivity (Wildman–Crippen MR) is 100 cm³/mol. The maximum Gasteiger partial charge on any atom is 0.329 e. The molecular weight excluding hydrogens is 368 g/mol. The largest absolute Gasteiger partial charge is 0.500 e. The molecule has 0 fully saturated rings. The number of benzene rings is 2. The van der Waals surface area contributed by atoms with Gasteiger partial charge in [0.1, 0.15) is 0 Å². The van der Waals surface area contributed by atoms with Gasteiger partial charge in [0.25, 0.3) is 0 Å². The van der Waals surface area contributed by atoms with E-state index in [1.54, 1.807) is 6.92 Å². The maximum atomic E-state index is 11.9. The Morgan fingerprint density at radius 3 is 2.54 bits per heavy atom. The van der Waals surface area contributed by atoms with Gasteiger partial charge in [0.2, 0.25) is 5.75 Å². The molecule has 0 saturated carbocycles. The van der Waals surface area contributed by atoms with Gasteiger partial charge in [0, 0.05) is 11.6 Å². The number of nitro benzene ring substituents is 1. The van der Waals surface area contributed by atoms with E-state index in [9.17, 15) is 24.8 Å². The summed E-state index contributed by atoms with van der Waals surface area (Å²) in [6.45, 7) is 1.73. The number of hydrogen-bond donors (Lipinski definition) is 3. The van der Waals surface area contributed by atoms with E-state index in [-0.39, 0.29) is 17.4 Å². The van der Waals surface area contributed by atoms with Gasteiger partial charge in [-0.1, -0.05) is 30.3 Å². The van der Waals surface area contributed by atoms with Crippen LogP contribution < -0.4 is 15.5 Å². The smallest absolute Gasteiger partial charge is 0.329 e. The van der Waals surface area contributed by atoms with Crippen LogP contribution in [0.5, 0.6) is 11.5 Å². The minimum absolute atomic E-state index is 0.128. The first-order valence-corrected chi connectivity index (χ1v) is 8.07. The van der Waals surface area contributed by atoms with Gasteiger partial charge in [-0.25, -0.2) is 5.43 Å². The number of rotatable bonds is 6. The Kier molecular flexibility index (Phi) is 6.63. The number of carbonyl (C=O) groups is 2. The number of nitro groups is 1. The van der Waals surface area contributed by atoms with Crippen LogP contribution in [-0.2, 0) is 9.59 Å². The number of ether oxygens (including phenoxy) is 1. The van der Waals surface area contributed by atoms with Crippen molar-refractivity contribution in [2.75, 3.05) is 7.11 Å². The first-order valence-electron chi connectivity index (χ1n) is 8.07. The molecule has 2 rings (SSSR count). The van der Waals surface area contributed by atoms with Gasteiger partial charge < -0.3 is 15.2 Å². The normalized spacial score (nSPS) is 11.6. The molecule has 0 aliphatic carbocycles. The minimum Gasteiger partial charge on any atom is -0.500 e. The van der Waals surface area contributed by atoms with Crippen molar-refractivity contribution < 1.29 is 24.4 Å². The van der Waals surface area contributed by atoms with Crippen LogP contribution in [0.25, 0.3) is 0 Å². The third-order valence-corrected chi connectivity index (χ3v) is 3.73. The van der Waals surface area contributed by atoms with Crippen molar-refractivity contribution in [1.29, 1.82) is 0 Å². The van der Waals surface area contributed by atoms with E-state index in [0.29, 0.717) is 0 Å². The molecular formula is C18H18N4O6. The zero-order valence-electron chi connectivity index (χ0n) is 15.1. The highest BCUT2D eigenvalue weighted by Gasteiger charge is 2.20. The molecule has 0 unspecified atom stereocenters. The summed E-state index contributed by atoms with van der Waals surface area (Å²) in [6, 6.07) is 11.0. The van der Waals surface area contributed by atoms with Crippen LogP contribution in [0, 0.1) is 10.1 Å². The number of methoxy groups -OCH3 is 1. The average Bonchev–Trinajstić information content (AvgIpc) is 2.69. The fraction of sp³-hybridized carbons (Fsp3) is 0.167. The standard InChI is InChI=1S/C18H18N4O6/c1-11(13-6-4-3-5-7-13)20-17(24)18(25)21-19-10-12-8-14(22(26)27)16(23)15(9-12)28-2/h3-11,23H,1-2H3,(H,20,24)(H,21,25)/b19-10-/t11-/m0/s1. The highest BCUT2D eigenvalue weighted by Crippen LogP contribution is 2.36. The van der Waals surface area contributed by atoms with Crippen LogP contribution >= 0.6 is 0 Å². The number of hydrogen-bond acceptors (Lipinski definition) is 7. The summed E-state index contributed by atoms with van der Waals surface area (Å²) < 4.78 is 4.86. The summed E-state index contributed by atoms with van der Waals surface area (Å²) in [5.74, 6) is -2.64. The van der Waals surface area contributed by atoms with Gasteiger partial charge in [-0.05, 0) is 18.6 Å². The molecule has 2 aromatic rings. The van der Waals surface area contributed by atoms with Crippen LogP contribution in [0.4, 0.5) is 5.69 Å². The first-order chi connectivity index (χ1) is 13.3. The lowest BCUT2D eigenvalue weighted by molar-refractivity contribution is -0.386. The molecule has 0 radical (unpaired) electrons. The van der Waals surface area contributed by atoms with E-state index in [0.717, 1.165) is 17.8 Å². The number of phenolic OH excluding ortho intramolecular Hbond substituents is 1. The Labute approximate surface area is 160 Å². The second-order valence-corrected chi connectivity index (χ2v) is 5.65. The Bertz CT molecular complexity index is 914. The van der Waals surface area contributed by atoms with Crippen molar-refractivity contribution in [1.82, 2.24) is 10.7 Å². The van der Waals surface area contributed by atoms with Crippen molar-refractivity contribution in [3.05, 3.63) is 63.7 Å². The Balaban J connectivity index is 2.02. The molecule has 0 aliphatic heterocycles. The number of amides is 2. The van der Waals surface area contributed by atoms with Crippen molar-refractivity contribution in [3.8, 4) is 11.5 Å². The molecule has 0 spiro atoms. The van der Waals surface area contributed by atoms with E-state index in [2.05, 4.69) is 10.4 Å². The molecule has 2 amide bonds. The second-order valence-electron chi connectivity index (χ2n) is 5.65. The Morgan fingerprint density at radius 2 is 1.93 bits per heavy atom. The predicted octanol–water partition coefficient (Wildman–Crippen LogP) is 1.64. The molecule has 28 heavy (non-hydrogen) atoms. The number of aromatic hydroxyl groups is 1. The monoisotopic (exact) mass is 386 g/mol. The van der Waals surface area contributed by atoms with Gasteiger partial charge >= 0.3 is 17.5 Å². The molecule has 1 atom stereocenters. The molecule has 3 N–H and O–H groups in total. The summed E-state index contributed by atoms with van der Waals surface area (Å²) in [6.07, 6.45) is 1.08. The van der Waals surface area contributed by atoms with Gasteiger partial charge in [-0.15, -0.1) is 0 Å². The highest BCUT2D eigenvalue weighted by molar-refractivity contribution is 6.35. The summed E-state index contributed by atoms with van der Waals surface area (Å²) in [4.78, 5) is 33.9. The second kappa shape index (κ2) is 9.12.